The molecule has 0 atom stereocenters. The number of amides is 1. The first-order valence-corrected chi connectivity index (χ1v) is 9.26. The highest BCUT2D eigenvalue weighted by Gasteiger charge is 2.24. The van der Waals surface area contributed by atoms with Crippen LogP contribution in [0.2, 0.25) is 5.02 Å². The van der Waals surface area contributed by atoms with E-state index < -0.39 is 15.7 Å². The molecular formula is C14H10ClN3O4S2. The van der Waals surface area contributed by atoms with Gasteiger partial charge in [0.2, 0.25) is 20.1 Å². The lowest BCUT2D eigenvalue weighted by Crippen LogP contribution is -2.10. The molecule has 1 N–H and O–H groups in total. The molecule has 3 rings (SSSR count). The van der Waals surface area contributed by atoms with Gasteiger partial charge in [0.1, 0.15) is 5.01 Å². The van der Waals surface area contributed by atoms with E-state index in [1.165, 1.54) is 47.7 Å². The number of carbonyl (C=O) groups excluding carboxylic acids is 1. The Kier molecular flexibility index (Phi) is 4.39. The number of anilines is 1. The Balaban J connectivity index is 1.84. The Hall–Kier alpha value is -2.23. The Morgan fingerprint density at radius 1 is 1.17 bits per heavy atom. The van der Waals surface area contributed by atoms with Crippen molar-refractivity contribution >= 4 is 43.8 Å². The van der Waals surface area contributed by atoms with Gasteiger partial charge in [-0.3, -0.25) is 10.1 Å². The van der Waals surface area contributed by atoms with Gasteiger partial charge in [0.05, 0.1) is 4.90 Å². The lowest BCUT2D eigenvalue weighted by Gasteiger charge is -2.01. The molecule has 0 spiro atoms. The number of halogens is 1. The molecule has 2 aromatic heterocycles. The van der Waals surface area contributed by atoms with E-state index in [1.54, 1.807) is 6.92 Å². The fraction of sp³-hybridized carbons (Fsp3) is 0.0714. The van der Waals surface area contributed by atoms with Gasteiger partial charge >= 0.3 is 0 Å². The smallest absolute Gasteiger partial charge is 0.293 e. The summed E-state index contributed by atoms with van der Waals surface area (Å²) < 4.78 is 30.1. The van der Waals surface area contributed by atoms with Crippen LogP contribution in [-0.2, 0) is 9.84 Å². The summed E-state index contributed by atoms with van der Waals surface area (Å²) in [7, 11) is -3.87. The van der Waals surface area contributed by atoms with Crippen LogP contribution < -0.4 is 5.32 Å². The summed E-state index contributed by atoms with van der Waals surface area (Å²) in [6, 6.07) is 8.16. The Morgan fingerprint density at radius 2 is 1.88 bits per heavy atom. The number of hydrogen-bond acceptors (Lipinski definition) is 7. The number of furan rings is 1. The van der Waals surface area contributed by atoms with Crippen molar-refractivity contribution in [1.29, 1.82) is 0 Å². The predicted octanol–water partition coefficient (Wildman–Crippen LogP) is 3.18. The van der Waals surface area contributed by atoms with Gasteiger partial charge in [-0.1, -0.05) is 22.9 Å². The third kappa shape index (κ3) is 3.32. The molecule has 1 aromatic carbocycles. The van der Waals surface area contributed by atoms with Crippen LogP contribution in [0.3, 0.4) is 0 Å². The highest BCUT2D eigenvalue weighted by Crippen LogP contribution is 2.25. The highest BCUT2D eigenvalue weighted by molar-refractivity contribution is 7.91. The van der Waals surface area contributed by atoms with Gasteiger partial charge in [-0.05, 0) is 43.3 Å². The van der Waals surface area contributed by atoms with Crippen molar-refractivity contribution in [2.24, 2.45) is 0 Å². The van der Waals surface area contributed by atoms with E-state index in [1.807, 2.05) is 0 Å². The van der Waals surface area contributed by atoms with Crippen LogP contribution in [0.5, 0.6) is 0 Å². The molecule has 0 saturated heterocycles. The van der Waals surface area contributed by atoms with E-state index in [4.69, 9.17) is 16.0 Å². The minimum Gasteiger partial charge on any atom is -0.439 e. The summed E-state index contributed by atoms with van der Waals surface area (Å²) in [4.78, 5) is 12.1. The molecular weight excluding hydrogens is 374 g/mol. The molecule has 3 aromatic rings. The predicted molar refractivity (Wildman–Crippen MR) is 88.2 cm³/mol. The van der Waals surface area contributed by atoms with Crippen molar-refractivity contribution in [2.75, 3.05) is 5.32 Å². The zero-order chi connectivity index (χ0) is 17.3. The minimum absolute atomic E-state index is 0.0213. The lowest BCUT2D eigenvalue weighted by molar-refractivity contribution is 0.0991. The van der Waals surface area contributed by atoms with Crippen LogP contribution in [0.25, 0.3) is 0 Å². The molecule has 0 aliphatic heterocycles. The number of benzene rings is 1. The molecule has 24 heavy (non-hydrogen) atoms. The number of nitrogens with zero attached hydrogens (tertiary/aromatic N) is 2. The first-order chi connectivity index (χ1) is 11.4. The lowest BCUT2D eigenvalue weighted by atomic mass is 10.4. The van der Waals surface area contributed by atoms with Crippen LogP contribution in [0.4, 0.5) is 5.13 Å². The second-order valence-electron chi connectivity index (χ2n) is 4.66. The Labute approximate surface area is 146 Å². The maximum absolute atomic E-state index is 12.5. The summed E-state index contributed by atoms with van der Waals surface area (Å²) in [5.74, 6) is -0.751. The van der Waals surface area contributed by atoms with E-state index >= 15 is 0 Å². The fourth-order valence-electron chi connectivity index (χ4n) is 1.82. The second kappa shape index (κ2) is 6.34. The summed E-state index contributed by atoms with van der Waals surface area (Å²) >= 11 is 6.95. The van der Waals surface area contributed by atoms with Crippen LogP contribution in [0.15, 0.2) is 50.8 Å². The van der Waals surface area contributed by atoms with Crippen LogP contribution in [0.1, 0.15) is 15.6 Å². The average molecular weight is 384 g/mol. The summed E-state index contributed by atoms with van der Waals surface area (Å²) in [6.07, 6.45) is 0. The van der Waals surface area contributed by atoms with Crippen LogP contribution >= 0.6 is 22.9 Å². The minimum atomic E-state index is -3.87. The molecule has 0 bridgehead atoms. The molecule has 1 amide bonds. The number of hydrogen-bond donors (Lipinski definition) is 1. The fourth-order valence-corrected chi connectivity index (χ4v) is 3.71. The largest absolute Gasteiger partial charge is 0.439 e. The SMILES string of the molecule is Cc1nnc(NC(=O)c2ccc(S(=O)(=O)c3ccc(Cl)cc3)o2)s1. The van der Waals surface area contributed by atoms with Gasteiger partial charge in [-0.15, -0.1) is 10.2 Å². The van der Waals surface area contributed by atoms with Crippen molar-refractivity contribution in [3.05, 3.63) is 52.2 Å². The summed E-state index contributed by atoms with van der Waals surface area (Å²) in [6.45, 7) is 1.75. The van der Waals surface area contributed by atoms with Crippen LogP contribution in [0, 0.1) is 6.92 Å². The number of aryl methyl sites for hydroxylation is 1. The number of sulfone groups is 1. The Morgan fingerprint density at radius 3 is 2.50 bits per heavy atom. The van der Waals surface area contributed by atoms with Gasteiger partial charge in [-0.25, -0.2) is 8.42 Å². The number of carbonyl (C=O) groups is 1. The topological polar surface area (TPSA) is 102 Å². The Bertz CT molecular complexity index is 993. The molecule has 0 aliphatic rings. The molecule has 0 fully saturated rings. The standard InChI is InChI=1S/C14H10ClN3O4S2/c1-8-17-18-14(23-8)16-13(19)11-6-7-12(22-11)24(20,21)10-4-2-9(15)3-5-10/h2-7H,1H3,(H,16,18,19). The van der Waals surface area contributed by atoms with E-state index in [2.05, 4.69) is 15.5 Å². The summed E-state index contributed by atoms with van der Waals surface area (Å²) in [5.41, 5.74) is 0. The van der Waals surface area contributed by atoms with Crippen LogP contribution in [-0.4, -0.2) is 24.5 Å². The number of nitrogens with one attached hydrogen (secondary N) is 1. The maximum atomic E-state index is 12.5. The first-order valence-electron chi connectivity index (χ1n) is 6.58. The van der Waals surface area contributed by atoms with Gasteiger partial charge < -0.3 is 4.42 Å². The van der Waals surface area contributed by atoms with Crippen molar-refractivity contribution in [3.8, 4) is 0 Å². The van der Waals surface area contributed by atoms with Crippen molar-refractivity contribution in [2.45, 2.75) is 16.9 Å². The van der Waals surface area contributed by atoms with Gasteiger partial charge in [0.25, 0.3) is 5.91 Å². The van der Waals surface area contributed by atoms with Crippen molar-refractivity contribution < 1.29 is 17.6 Å². The van der Waals surface area contributed by atoms with Gasteiger partial charge in [0.15, 0.2) is 5.76 Å². The molecule has 0 unspecified atom stereocenters. The van der Waals surface area contributed by atoms with Crippen molar-refractivity contribution in [3.63, 3.8) is 0 Å². The third-order valence-corrected chi connectivity index (χ3v) is 5.59. The molecule has 124 valence electrons. The maximum Gasteiger partial charge on any atom is 0.293 e. The summed E-state index contributed by atoms with van der Waals surface area (Å²) in [5, 5.41) is 11.1. The molecule has 0 aliphatic carbocycles. The molecule has 0 saturated carbocycles. The molecule has 0 radical (unpaired) electrons. The van der Waals surface area contributed by atoms with Gasteiger partial charge in [-0.2, -0.15) is 0 Å². The first kappa shape index (κ1) is 16.6. The van der Waals surface area contributed by atoms with E-state index in [0.717, 1.165) is 0 Å². The van der Waals surface area contributed by atoms with Crippen molar-refractivity contribution in [1.82, 2.24) is 10.2 Å². The van der Waals surface area contributed by atoms with Gasteiger partial charge in [0, 0.05) is 5.02 Å². The molecule has 10 heteroatoms. The normalized spacial score (nSPS) is 11.4. The highest BCUT2D eigenvalue weighted by atomic mass is 35.5. The number of rotatable bonds is 4. The zero-order valence-electron chi connectivity index (χ0n) is 12.2. The number of aromatic nitrogens is 2. The molecule has 7 nitrogen and oxygen atoms in total. The quantitative estimate of drug-likeness (QED) is 0.742. The third-order valence-electron chi connectivity index (χ3n) is 2.94. The second-order valence-corrected chi connectivity index (χ2v) is 8.16. The average Bonchev–Trinajstić information content (AvgIpc) is 3.17. The van der Waals surface area contributed by atoms with E-state index in [9.17, 15) is 13.2 Å². The monoisotopic (exact) mass is 383 g/mol. The van der Waals surface area contributed by atoms with E-state index in [0.29, 0.717) is 15.2 Å². The molecule has 2 heterocycles. The zero-order valence-corrected chi connectivity index (χ0v) is 14.6. The van der Waals surface area contributed by atoms with E-state index in [-0.39, 0.29) is 15.7 Å².